The van der Waals surface area contributed by atoms with Crippen LogP contribution in [0.3, 0.4) is 0 Å². The third kappa shape index (κ3) is 2.71. The van der Waals surface area contributed by atoms with Gasteiger partial charge >= 0.3 is 0 Å². The number of aromatic nitrogens is 1. The summed E-state index contributed by atoms with van der Waals surface area (Å²) >= 11 is 0. The zero-order valence-electron chi connectivity index (χ0n) is 10.2. The SMILES string of the molecule is CC(C)c1ccc([C@H](O)c2ccccn2)cc1. The van der Waals surface area contributed by atoms with Crippen LogP contribution in [-0.2, 0) is 0 Å². The summed E-state index contributed by atoms with van der Waals surface area (Å²) in [5.41, 5.74) is 2.85. The van der Waals surface area contributed by atoms with Gasteiger partial charge in [-0.2, -0.15) is 0 Å². The molecular formula is C15H17NO. The Labute approximate surface area is 102 Å². The lowest BCUT2D eigenvalue weighted by Gasteiger charge is -2.12. The summed E-state index contributed by atoms with van der Waals surface area (Å²) in [6, 6.07) is 13.6. The van der Waals surface area contributed by atoms with Crippen LogP contribution >= 0.6 is 0 Å². The quantitative estimate of drug-likeness (QED) is 0.872. The van der Waals surface area contributed by atoms with E-state index < -0.39 is 6.10 Å². The van der Waals surface area contributed by atoms with Gasteiger partial charge in [-0.3, -0.25) is 4.98 Å². The fraction of sp³-hybridized carbons (Fsp3) is 0.267. The largest absolute Gasteiger partial charge is 0.382 e. The summed E-state index contributed by atoms with van der Waals surface area (Å²) in [5.74, 6) is 0.510. The number of pyridine rings is 1. The summed E-state index contributed by atoms with van der Waals surface area (Å²) in [6.07, 6.45) is 1.05. The topological polar surface area (TPSA) is 33.1 Å². The molecule has 1 aromatic heterocycles. The first-order valence-electron chi connectivity index (χ1n) is 5.87. The van der Waals surface area contributed by atoms with E-state index in [4.69, 9.17) is 0 Å². The van der Waals surface area contributed by atoms with E-state index in [0.29, 0.717) is 11.6 Å². The molecule has 2 rings (SSSR count). The van der Waals surface area contributed by atoms with Crippen molar-refractivity contribution in [1.29, 1.82) is 0 Å². The maximum atomic E-state index is 10.2. The first-order valence-corrected chi connectivity index (χ1v) is 5.87. The van der Waals surface area contributed by atoms with Crippen molar-refractivity contribution in [3.05, 3.63) is 65.5 Å². The number of aliphatic hydroxyl groups is 1. The summed E-state index contributed by atoms with van der Waals surface area (Å²) in [7, 11) is 0. The fourth-order valence-electron chi connectivity index (χ4n) is 1.77. The van der Waals surface area contributed by atoms with Gasteiger partial charge in [0.25, 0.3) is 0 Å². The van der Waals surface area contributed by atoms with Crippen molar-refractivity contribution in [2.45, 2.75) is 25.9 Å². The Hall–Kier alpha value is -1.67. The molecule has 0 radical (unpaired) electrons. The highest BCUT2D eigenvalue weighted by Gasteiger charge is 2.11. The van der Waals surface area contributed by atoms with Crippen molar-refractivity contribution < 1.29 is 5.11 Å². The molecule has 2 heteroatoms. The van der Waals surface area contributed by atoms with Crippen LogP contribution in [0.1, 0.15) is 42.7 Å². The minimum absolute atomic E-state index is 0.510. The second kappa shape index (κ2) is 5.11. The molecule has 0 saturated heterocycles. The van der Waals surface area contributed by atoms with Crippen molar-refractivity contribution in [2.75, 3.05) is 0 Å². The second-order valence-electron chi connectivity index (χ2n) is 4.48. The van der Waals surface area contributed by atoms with Crippen LogP contribution in [0.4, 0.5) is 0 Å². The number of nitrogens with zero attached hydrogens (tertiary/aromatic N) is 1. The van der Waals surface area contributed by atoms with E-state index in [1.807, 2.05) is 30.3 Å². The Morgan fingerprint density at radius 1 is 0.941 bits per heavy atom. The first kappa shape index (κ1) is 11.8. The molecule has 17 heavy (non-hydrogen) atoms. The van der Waals surface area contributed by atoms with Crippen LogP contribution in [0.25, 0.3) is 0 Å². The molecule has 0 amide bonds. The van der Waals surface area contributed by atoms with Crippen LogP contribution in [0.2, 0.25) is 0 Å². The third-order valence-electron chi connectivity index (χ3n) is 2.89. The summed E-state index contributed by atoms with van der Waals surface area (Å²) in [4.78, 5) is 4.16. The van der Waals surface area contributed by atoms with E-state index in [2.05, 4.69) is 31.0 Å². The summed E-state index contributed by atoms with van der Waals surface area (Å²) in [5, 5.41) is 10.2. The zero-order valence-corrected chi connectivity index (χ0v) is 10.2. The number of hydrogen-bond acceptors (Lipinski definition) is 2. The average Bonchev–Trinajstić information content (AvgIpc) is 2.39. The Morgan fingerprint density at radius 2 is 1.59 bits per heavy atom. The lowest BCUT2D eigenvalue weighted by molar-refractivity contribution is 0.215. The highest BCUT2D eigenvalue weighted by Crippen LogP contribution is 2.22. The minimum atomic E-state index is -0.641. The number of aliphatic hydroxyl groups excluding tert-OH is 1. The van der Waals surface area contributed by atoms with Crippen LogP contribution in [-0.4, -0.2) is 10.1 Å². The highest BCUT2D eigenvalue weighted by atomic mass is 16.3. The first-order chi connectivity index (χ1) is 8.18. The molecule has 0 saturated carbocycles. The molecule has 0 aliphatic rings. The molecule has 2 nitrogen and oxygen atoms in total. The minimum Gasteiger partial charge on any atom is -0.382 e. The van der Waals surface area contributed by atoms with E-state index >= 15 is 0 Å². The van der Waals surface area contributed by atoms with Crippen LogP contribution in [0, 0.1) is 0 Å². The Bertz CT molecular complexity index is 462. The van der Waals surface area contributed by atoms with Crippen molar-refractivity contribution in [3.8, 4) is 0 Å². The van der Waals surface area contributed by atoms with Crippen molar-refractivity contribution in [2.24, 2.45) is 0 Å². The Balaban J connectivity index is 2.23. The van der Waals surface area contributed by atoms with Crippen LogP contribution in [0.15, 0.2) is 48.7 Å². The Kier molecular flexibility index (Phi) is 3.55. The average molecular weight is 227 g/mol. The van der Waals surface area contributed by atoms with Gasteiger partial charge in [0.2, 0.25) is 0 Å². The second-order valence-corrected chi connectivity index (χ2v) is 4.48. The zero-order chi connectivity index (χ0) is 12.3. The molecule has 1 atom stereocenters. The monoisotopic (exact) mass is 227 g/mol. The number of benzene rings is 1. The lowest BCUT2D eigenvalue weighted by atomic mass is 9.99. The predicted molar refractivity (Wildman–Crippen MR) is 68.8 cm³/mol. The van der Waals surface area contributed by atoms with E-state index in [1.165, 1.54) is 5.56 Å². The van der Waals surface area contributed by atoms with Crippen molar-refractivity contribution in [1.82, 2.24) is 4.98 Å². The van der Waals surface area contributed by atoms with E-state index in [0.717, 1.165) is 5.56 Å². The van der Waals surface area contributed by atoms with E-state index in [9.17, 15) is 5.11 Å². The van der Waals surface area contributed by atoms with Crippen LogP contribution in [0.5, 0.6) is 0 Å². The highest BCUT2D eigenvalue weighted by molar-refractivity contribution is 5.30. The van der Waals surface area contributed by atoms with Gasteiger partial charge in [0, 0.05) is 6.20 Å². The Morgan fingerprint density at radius 3 is 2.12 bits per heavy atom. The van der Waals surface area contributed by atoms with Crippen molar-refractivity contribution in [3.63, 3.8) is 0 Å². The molecule has 0 bridgehead atoms. The molecule has 88 valence electrons. The lowest BCUT2D eigenvalue weighted by Crippen LogP contribution is -2.02. The van der Waals surface area contributed by atoms with Crippen molar-refractivity contribution >= 4 is 0 Å². The number of hydrogen-bond donors (Lipinski definition) is 1. The molecular weight excluding hydrogens is 210 g/mol. The van der Waals surface area contributed by atoms with E-state index in [1.54, 1.807) is 6.20 Å². The van der Waals surface area contributed by atoms with E-state index in [-0.39, 0.29) is 0 Å². The molecule has 1 heterocycles. The maximum Gasteiger partial charge on any atom is 0.121 e. The number of rotatable bonds is 3. The molecule has 0 unspecified atom stereocenters. The van der Waals surface area contributed by atoms with Gasteiger partial charge in [-0.25, -0.2) is 0 Å². The maximum absolute atomic E-state index is 10.2. The van der Waals surface area contributed by atoms with Gasteiger partial charge < -0.3 is 5.11 Å². The predicted octanol–water partition coefficient (Wildman–Crippen LogP) is 3.29. The normalized spacial score (nSPS) is 12.7. The molecule has 0 fully saturated rings. The third-order valence-corrected chi connectivity index (χ3v) is 2.89. The molecule has 1 aromatic carbocycles. The van der Waals surface area contributed by atoms with Gasteiger partial charge in [-0.15, -0.1) is 0 Å². The fourth-order valence-corrected chi connectivity index (χ4v) is 1.77. The molecule has 0 aliphatic heterocycles. The van der Waals surface area contributed by atoms with Gasteiger partial charge in [0.1, 0.15) is 6.10 Å². The molecule has 0 spiro atoms. The van der Waals surface area contributed by atoms with Gasteiger partial charge in [0.05, 0.1) is 5.69 Å². The van der Waals surface area contributed by atoms with Gasteiger partial charge in [0.15, 0.2) is 0 Å². The molecule has 0 aliphatic carbocycles. The van der Waals surface area contributed by atoms with Gasteiger partial charge in [-0.1, -0.05) is 44.2 Å². The standard InChI is InChI=1S/C15H17NO/c1-11(2)12-6-8-13(9-7-12)15(17)14-5-3-4-10-16-14/h3-11,15,17H,1-2H3/t15-/m0/s1. The van der Waals surface area contributed by atoms with Gasteiger partial charge in [-0.05, 0) is 29.2 Å². The molecule has 2 aromatic rings. The molecule has 1 N–H and O–H groups in total. The summed E-state index contributed by atoms with van der Waals surface area (Å²) in [6.45, 7) is 4.31. The van der Waals surface area contributed by atoms with Crippen LogP contribution < -0.4 is 0 Å². The smallest absolute Gasteiger partial charge is 0.121 e. The summed E-state index contributed by atoms with van der Waals surface area (Å²) < 4.78 is 0.